The van der Waals surface area contributed by atoms with Crippen molar-refractivity contribution < 1.29 is 17.9 Å². The van der Waals surface area contributed by atoms with Crippen LogP contribution in [0.4, 0.5) is 5.69 Å². The van der Waals surface area contributed by atoms with Crippen molar-refractivity contribution in [2.75, 3.05) is 37.2 Å². The van der Waals surface area contributed by atoms with Gasteiger partial charge in [-0.15, -0.1) is 0 Å². The molecule has 29 heavy (non-hydrogen) atoms. The Labute approximate surface area is 173 Å². The molecule has 0 aliphatic carbocycles. The van der Waals surface area contributed by atoms with Gasteiger partial charge in [-0.3, -0.25) is 9.52 Å². The van der Waals surface area contributed by atoms with Gasteiger partial charge in [0.1, 0.15) is 12.4 Å². The molecule has 0 radical (unpaired) electrons. The third kappa shape index (κ3) is 7.87. The molecule has 1 N–H and O–H groups in total. The molecule has 0 aliphatic rings. The summed E-state index contributed by atoms with van der Waals surface area (Å²) in [4.78, 5) is 15.1. The van der Waals surface area contributed by atoms with Crippen LogP contribution in [0.5, 0.6) is 5.75 Å². The number of aryl methyl sites for hydroxylation is 1. The van der Waals surface area contributed by atoms with E-state index >= 15 is 0 Å². The molecular formula is C22H30N2O4S. The van der Waals surface area contributed by atoms with Crippen LogP contribution in [0.25, 0.3) is 0 Å². The van der Waals surface area contributed by atoms with Crippen LogP contribution in [0.15, 0.2) is 48.5 Å². The summed E-state index contributed by atoms with van der Waals surface area (Å²) in [6.07, 6.45) is 2.01. The minimum absolute atomic E-state index is 0.0798. The lowest BCUT2D eigenvalue weighted by Crippen LogP contribution is -2.28. The summed E-state index contributed by atoms with van der Waals surface area (Å²) in [5.41, 5.74) is 1.83. The van der Waals surface area contributed by atoms with Gasteiger partial charge in [-0.25, -0.2) is 8.42 Å². The number of ketones is 1. The molecule has 0 aliphatic heterocycles. The fourth-order valence-electron chi connectivity index (χ4n) is 3.01. The van der Waals surface area contributed by atoms with Crippen molar-refractivity contribution in [1.82, 2.24) is 4.90 Å². The average Bonchev–Trinajstić information content (AvgIpc) is 2.70. The van der Waals surface area contributed by atoms with Crippen molar-refractivity contribution in [3.63, 3.8) is 0 Å². The van der Waals surface area contributed by atoms with Crippen molar-refractivity contribution >= 4 is 21.5 Å². The molecule has 0 spiro atoms. The number of hydrogen-bond acceptors (Lipinski definition) is 5. The van der Waals surface area contributed by atoms with Gasteiger partial charge < -0.3 is 9.64 Å². The number of Topliss-reactive ketones (excluding diaryl/α,β-unsaturated/α-hetero) is 1. The molecule has 0 heterocycles. The Bertz CT molecular complexity index is 894. The van der Waals surface area contributed by atoms with Gasteiger partial charge in [0.2, 0.25) is 10.0 Å². The summed E-state index contributed by atoms with van der Waals surface area (Å²) < 4.78 is 31.4. The largest absolute Gasteiger partial charge is 0.491 e. The summed E-state index contributed by atoms with van der Waals surface area (Å²) in [5.74, 6) is 0.401. The number of anilines is 1. The first-order valence-electron chi connectivity index (χ1n) is 9.86. The van der Waals surface area contributed by atoms with Crippen molar-refractivity contribution in [3.05, 3.63) is 59.7 Å². The Hall–Kier alpha value is -2.38. The zero-order valence-corrected chi connectivity index (χ0v) is 18.2. The quantitative estimate of drug-likeness (QED) is 0.533. The lowest BCUT2D eigenvalue weighted by atomic mass is 10.0. The number of rotatable bonds is 12. The van der Waals surface area contributed by atoms with E-state index in [9.17, 15) is 13.2 Å². The van der Waals surface area contributed by atoms with Gasteiger partial charge in [0.15, 0.2) is 5.78 Å². The molecule has 0 saturated heterocycles. The summed E-state index contributed by atoms with van der Waals surface area (Å²) in [6.45, 7) is 7.26. The van der Waals surface area contributed by atoms with Crippen LogP contribution in [-0.4, -0.2) is 51.6 Å². The predicted molar refractivity (Wildman–Crippen MR) is 117 cm³/mol. The van der Waals surface area contributed by atoms with Crippen LogP contribution >= 0.6 is 0 Å². The Morgan fingerprint density at radius 1 is 1.07 bits per heavy atom. The van der Waals surface area contributed by atoms with E-state index in [1.807, 2.05) is 30.3 Å². The second kappa shape index (κ2) is 11.0. The van der Waals surface area contributed by atoms with E-state index in [1.165, 1.54) is 0 Å². The lowest BCUT2D eigenvalue weighted by molar-refractivity contribution is 0.0978. The Kier molecular flexibility index (Phi) is 8.67. The fraction of sp³-hybridized carbons (Fsp3) is 0.409. The molecule has 0 bridgehead atoms. The maximum atomic E-state index is 12.9. The molecule has 2 rings (SSSR count). The first-order chi connectivity index (χ1) is 13.8. The number of carbonyl (C=O) groups is 1. The predicted octanol–water partition coefficient (Wildman–Crippen LogP) is 3.59. The second-order valence-corrected chi connectivity index (χ2v) is 8.62. The van der Waals surface area contributed by atoms with Gasteiger partial charge in [-0.2, -0.15) is 0 Å². The standard InChI is InChI=1S/C22H30N2O4S/c1-4-24(5-2)15-16-28-22-14-12-19(23-29(3,26)27)17-20(22)21(25)13-11-18-9-7-6-8-10-18/h6-10,12,14,17,23H,4-5,11,13,15-16H2,1-3H3. The SMILES string of the molecule is CCN(CC)CCOc1ccc(NS(C)(=O)=O)cc1C(=O)CCc1ccccc1. The third-order valence-corrected chi connectivity index (χ3v) is 5.23. The molecule has 0 unspecified atom stereocenters. The van der Waals surface area contributed by atoms with Crippen LogP contribution in [0.1, 0.15) is 36.2 Å². The Morgan fingerprint density at radius 2 is 1.76 bits per heavy atom. The van der Waals surface area contributed by atoms with Gasteiger partial charge >= 0.3 is 0 Å². The number of hydrogen-bond donors (Lipinski definition) is 1. The second-order valence-electron chi connectivity index (χ2n) is 6.87. The van der Waals surface area contributed by atoms with Crippen LogP contribution in [0, 0.1) is 0 Å². The number of ether oxygens (including phenoxy) is 1. The third-order valence-electron chi connectivity index (χ3n) is 4.63. The van der Waals surface area contributed by atoms with Crippen molar-refractivity contribution in [2.24, 2.45) is 0 Å². The van der Waals surface area contributed by atoms with E-state index in [0.717, 1.165) is 31.5 Å². The maximum absolute atomic E-state index is 12.9. The minimum Gasteiger partial charge on any atom is -0.491 e. The number of likely N-dealkylation sites (N-methyl/N-ethyl adjacent to an activating group) is 1. The molecule has 0 saturated carbocycles. The molecular weight excluding hydrogens is 388 g/mol. The molecule has 0 amide bonds. The first-order valence-corrected chi connectivity index (χ1v) is 11.8. The van der Waals surface area contributed by atoms with E-state index in [-0.39, 0.29) is 5.78 Å². The number of nitrogens with zero attached hydrogens (tertiary/aromatic N) is 1. The summed E-state index contributed by atoms with van der Waals surface area (Å²) in [6, 6.07) is 14.6. The van der Waals surface area contributed by atoms with Gasteiger partial charge in [0.05, 0.1) is 11.8 Å². The maximum Gasteiger partial charge on any atom is 0.229 e. The Morgan fingerprint density at radius 3 is 2.38 bits per heavy atom. The highest BCUT2D eigenvalue weighted by Gasteiger charge is 2.15. The van der Waals surface area contributed by atoms with E-state index in [2.05, 4.69) is 23.5 Å². The number of carbonyl (C=O) groups excluding carboxylic acids is 1. The van der Waals surface area contributed by atoms with E-state index in [4.69, 9.17) is 4.74 Å². The number of benzene rings is 2. The van der Waals surface area contributed by atoms with Crippen molar-refractivity contribution in [2.45, 2.75) is 26.7 Å². The fourth-order valence-corrected chi connectivity index (χ4v) is 3.57. The van der Waals surface area contributed by atoms with E-state index in [0.29, 0.717) is 36.4 Å². The molecule has 7 heteroatoms. The highest BCUT2D eigenvalue weighted by atomic mass is 32.2. The van der Waals surface area contributed by atoms with Gasteiger partial charge in [-0.1, -0.05) is 44.2 Å². The van der Waals surface area contributed by atoms with E-state index < -0.39 is 10.0 Å². The number of sulfonamides is 1. The van der Waals surface area contributed by atoms with Crippen LogP contribution in [0.3, 0.4) is 0 Å². The molecule has 158 valence electrons. The molecule has 0 aromatic heterocycles. The highest BCUT2D eigenvalue weighted by Crippen LogP contribution is 2.25. The average molecular weight is 419 g/mol. The normalized spacial score (nSPS) is 11.4. The van der Waals surface area contributed by atoms with Crippen LogP contribution < -0.4 is 9.46 Å². The first kappa shape index (κ1) is 22.9. The zero-order chi connectivity index (χ0) is 21.3. The van der Waals surface area contributed by atoms with Gasteiger partial charge in [-0.05, 0) is 43.3 Å². The highest BCUT2D eigenvalue weighted by molar-refractivity contribution is 7.92. The lowest BCUT2D eigenvalue weighted by Gasteiger charge is -2.19. The summed E-state index contributed by atoms with van der Waals surface area (Å²) in [5, 5.41) is 0. The molecule has 0 fully saturated rings. The molecule has 2 aromatic rings. The molecule has 2 aromatic carbocycles. The Balaban J connectivity index is 2.16. The smallest absolute Gasteiger partial charge is 0.229 e. The number of nitrogens with one attached hydrogen (secondary N) is 1. The zero-order valence-electron chi connectivity index (χ0n) is 17.3. The van der Waals surface area contributed by atoms with Gasteiger partial charge in [0.25, 0.3) is 0 Å². The van der Waals surface area contributed by atoms with Crippen molar-refractivity contribution in [1.29, 1.82) is 0 Å². The summed E-state index contributed by atoms with van der Waals surface area (Å²) >= 11 is 0. The monoisotopic (exact) mass is 418 g/mol. The van der Waals surface area contributed by atoms with Crippen LogP contribution in [-0.2, 0) is 16.4 Å². The minimum atomic E-state index is -3.43. The molecule has 0 atom stereocenters. The van der Waals surface area contributed by atoms with Crippen LogP contribution in [0.2, 0.25) is 0 Å². The topological polar surface area (TPSA) is 75.7 Å². The summed E-state index contributed by atoms with van der Waals surface area (Å²) in [7, 11) is -3.43. The van der Waals surface area contributed by atoms with Crippen molar-refractivity contribution in [3.8, 4) is 5.75 Å². The molecule has 6 nitrogen and oxygen atoms in total. The van der Waals surface area contributed by atoms with Gasteiger partial charge in [0, 0.05) is 18.7 Å². The van der Waals surface area contributed by atoms with E-state index in [1.54, 1.807) is 18.2 Å².